The van der Waals surface area contributed by atoms with Crippen LogP contribution in [0.25, 0.3) is 0 Å². The molecule has 1 aromatic rings. The van der Waals surface area contributed by atoms with E-state index >= 15 is 0 Å². The van der Waals surface area contributed by atoms with Gasteiger partial charge in [-0.2, -0.15) is 0 Å². The molecule has 4 heteroatoms. The van der Waals surface area contributed by atoms with Crippen LogP contribution in [0.3, 0.4) is 0 Å². The Hall–Kier alpha value is -2.36. The lowest BCUT2D eigenvalue weighted by atomic mass is 10.1. The molecule has 0 bridgehead atoms. The smallest absolute Gasteiger partial charge is 0.339 e. The van der Waals surface area contributed by atoms with Crippen LogP contribution in [-0.4, -0.2) is 25.2 Å². The van der Waals surface area contributed by atoms with Gasteiger partial charge in [0.05, 0.1) is 18.2 Å². The molecule has 1 aliphatic carbocycles. The highest BCUT2D eigenvalue weighted by atomic mass is 16.5. The van der Waals surface area contributed by atoms with Gasteiger partial charge in [0, 0.05) is 0 Å². The van der Waals surface area contributed by atoms with Crippen LogP contribution in [0.2, 0.25) is 0 Å². The van der Waals surface area contributed by atoms with Crippen molar-refractivity contribution in [2.24, 2.45) is 0 Å². The first-order chi connectivity index (χ1) is 8.70. The highest BCUT2D eigenvalue weighted by molar-refractivity contribution is 5.93. The number of hydrogen-bond donors (Lipinski definition) is 0. The number of esters is 2. The van der Waals surface area contributed by atoms with E-state index in [1.165, 1.54) is 31.4 Å². The first kappa shape index (κ1) is 12.1. The summed E-state index contributed by atoms with van der Waals surface area (Å²) in [5.74, 6) is -0.857. The van der Waals surface area contributed by atoms with Crippen LogP contribution in [-0.2, 0) is 9.47 Å². The minimum Gasteiger partial charge on any atom is -0.465 e. The van der Waals surface area contributed by atoms with Crippen molar-refractivity contribution in [1.29, 1.82) is 0 Å². The van der Waals surface area contributed by atoms with Gasteiger partial charge in [0.25, 0.3) is 0 Å². The Kier molecular flexibility index (Phi) is 3.57. The van der Waals surface area contributed by atoms with E-state index in [0.717, 1.165) is 0 Å². The lowest BCUT2D eigenvalue weighted by Gasteiger charge is -2.08. The second kappa shape index (κ2) is 5.31. The van der Waals surface area contributed by atoms with Crippen molar-refractivity contribution >= 4 is 11.9 Å². The van der Waals surface area contributed by atoms with Crippen molar-refractivity contribution in [2.75, 3.05) is 7.11 Å². The summed E-state index contributed by atoms with van der Waals surface area (Å²) in [7, 11) is 1.31. The molecular formula is C14H12O4. The fourth-order valence-electron chi connectivity index (χ4n) is 1.54. The summed E-state index contributed by atoms with van der Waals surface area (Å²) in [6, 6.07) is 6.14. The minimum atomic E-state index is -0.434. The lowest BCUT2D eigenvalue weighted by Crippen LogP contribution is -2.13. The highest BCUT2D eigenvalue weighted by Gasteiger charge is 2.13. The van der Waals surface area contributed by atoms with Gasteiger partial charge in [0.1, 0.15) is 6.10 Å². The maximum absolute atomic E-state index is 11.7. The number of methoxy groups -OCH3 is 1. The van der Waals surface area contributed by atoms with Gasteiger partial charge < -0.3 is 9.47 Å². The summed E-state index contributed by atoms with van der Waals surface area (Å²) < 4.78 is 9.77. The van der Waals surface area contributed by atoms with Gasteiger partial charge >= 0.3 is 11.9 Å². The zero-order valence-corrected chi connectivity index (χ0v) is 9.83. The molecule has 0 amide bonds. The summed E-state index contributed by atoms with van der Waals surface area (Å²) in [4.78, 5) is 23.0. The van der Waals surface area contributed by atoms with Crippen molar-refractivity contribution < 1.29 is 19.1 Å². The minimum absolute atomic E-state index is 0.308. The van der Waals surface area contributed by atoms with E-state index in [0.29, 0.717) is 11.1 Å². The molecule has 0 fully saturated rings. The standard InChI is InChI=1S/C14H12O4/c1-17-13(15)10-6-8-11(9-7-10)14(16)18-12-4-2-3-5-12/h2-9,12H,1H3. The zero-order valence-electron chi connectivity index (χ0n) is 9.83. The Morgan fingerprint density at radius 2 is 1.44 bits per heavy atom. The molecule has 4 nitrogen and oxygen atoms in total. The maximum Gasteiger partial charge on any atom is 0.339 e. The Labute approximate surface area is 105 Å². The summed E-state index contributed by atoms with van der Waals surface area (Å²) in [5.41, 5.74) is 0.797. The third-order valence-electron chi connectivity index (χ3n) is 2.50. The molecule has 0 saturated heterocycles. The second-order valence-corrected chi connectivity index (χ2v) is 3.71. The average molecular weight is 244 g/mol. The normalized spacial score (nSPS) is 13.6. The third kappa shape index (κ3) is 2.66. The summed E-state index contributed by atoms with van der Waals surface area (Å²) >= 11 is 0. The molecule has 0 spiro atoms. The largest absolute Gasteiger partial charge is 0.465 e. The van der Waals surface area contributed by atoms with Gasteiger partial charge in [-0.3, -0.25) is 0 Å². The fourth-order valence-corrected chi connectivity index (χ4v) is 1.54. The molecule has 1 aromatic carbocycles. The van der Waals surface area contributed by atoms with Crippen LogP contribution in [0.4, 0.5) is 0 Å². The Bertz CT molecular complexity index is 499. The fraction of sp³-hybridized carbons (Fsp3) is 0.143. The molecule has 0 aliphatic heterocycles. The van der Waals surface area contributed by atoms with E-state index in [2.05, 4.69) is 4.74 Å². The number of rotatable bonds is 3. The third-order valence-corrected chi connectivity index (χ3v) is 2.50. The molecule has 92 valence electrons. The van der Waals surface area contributed by atoms with Crippen LogP contribution < -0.4 is 0 Å². The average Bonchev–Trinajstić information content (AvgIpc) is 2.91. The van der Waals surface area contributed by atoms with Gasteiger partial charge in [-0.25, -0.2) is 9.59 Å². The van der Waals surface area contributed by atoms with Crippen molar-refractivity contribution in [1.82, 2.24) is 0 Å². The van der Waals surface area contributed by atoms with Crippen LogP contribution in [0.15, 0.2) is 48.6 Å². The van der Waals surface area contributed by atoms with E-state index in [4.69, 9.17) is 4.74 Å². The molecule has 0 atom stereocenters. The molecule has 2 rings (SSSR count). The summed E-state index contributed by atoms with van der Waals surface area (Å²) in [5, 5.41) is 0. The number of carbonyl (C=O) groups excluding carboxylic acids is 2. The van der Waals surface area contributed by atoms with Gasteiger partial charge in [0.15, 0.2) is 0 Å². The Balaban J connectivity index is 2.04. The quantitative estimate of drug-likeness (QED) is 0.764. The predicted octanol–water partition coefficient (Wildman–Crippen LogP) is 2.12. The van der Waals surface area contributed by atoms with Gasteiger partial charge in [-0.15, -0.1) is 0 Å². The van der Waals surface area contributed by atoms with Crippen molar-refractivity contribution in [2.45, 2.75) is 6.10 Å². The molecular weight excluding hydrogens is 232 g/mol. The van der Waals surface area contributed by atoms with E-state index in [9.17, 15) is 9.59 Å². The van der Waals surface area contributed by atoms with Crippen molar-refractivity contribution in [3.8, 4) is 0 Å². The predicted molar refractivity (Wildman–Crippen MR) is 65.3 cm³/mol. The second-order valence-electron chi connectivity index (χ2n) is 3.71. The topological polar surface area (TPSA) is 52.6 Å². The Morgan fingerprint density at radius 1 is 0.944 bits per heavy atom. The van der Waals surface area contributed by atoms with Crippen molar-refractivity contribution in [3.05, 3.63) is 59.7 Å². The molecule has 0 unspecified atom stereocenters. The molecule has 1 aliphatic rings. The number of allylic oxidation sites excluding steroid dienone is 2. The van der Waals surface area contributed by atoms with Crippen molar-refractivity contribution in [3.63, 3.8) is 0 Å². The van der Waals surface area contributed by atoms with Gasteiger partial charge in [-0.1, -0.05) is 12.2 Å². The number of carbonyl (C=O) groups is 2. The summed E-state index contributed by atoms with van der Waals surface area (Å²) in [6.45, 7) is 0. The van der Waals surface area contributed by atoms with Crippen LogP contribution >= 0.6 is 0 Å². The molecule has 0 heterocycles. The number of ether oxygens (including phenoxy) is 2. The number of benzene rings is 1. The molecule has 0 N–H and O–H groups in total. The number of hydrogen-bond acceptors (Lipinski definition) is 4. The Morgan fingerprint density at radius 3 is 1.94 bits per heavy atom. The van der Waals surface area contributed by atoms with Crippen LogP contribution in [0, 0.1) is 0 Å². The first-order valence-corrected chi connectivity index (χ1v) is 5.45. The van der Waals surface area contributed by atoms with Crippen LogP contribution in [0.5, 0.6) is 0 Å². The molecule has 18 heavy (non-hydrogen) atoms. The SMILES string of the molecule is COC(=O)c1ccc(C(=O)OC2C=CC=C2)cc1. The first-order valence-electron chi connectivity index (χ1n) is 5.45. The summed E-state index contributed by atoms with van der Waals surface area (Å²) in [6.07, 6.45) is 6.88. The van der Waals surface area contributed by atoms with E-state index < -0.39 is 11.9 Å². The van der Waals surface area contributed by atoms with E-state index in [1.807, 2.05) is 12.2 Å². The van der Waals surface area contributed by atoms with Gasteiger partial charge in [0.2, 0.25) is 0 Å². The highest BCUT2D eigenvalue weighted by Crippen LogP contribution is 2.11. The molecule has 0 saturated carbocycles. The van der Waals surface area contributed by atoms with Crippen LogP contribution in [0.1, 0.15) is 20.7 Å². The molecule has 0 radical (unpaired) electrons. The maximum atomic E-state index is 11.7. The van der Waals surface area contributed by atoms with E-state index in [-0.39, 0.29) is 6.10 Å². The zero-order chi connectivity index (χ0) is 13.0. The van der Waals surface area contributed by atoms with E-state index in [1.54, 1.807) is 12.2 Å². The van der Waals surface area contributed by atoms with Gasteiger partial charge in [-0.05, 0) is 36.4 Å². The monoisotopic (exact) mass is 244 g/mol. The molecule has 0 aromatic heterocycles. The lowest BCUT2D eigenvalue weighted by molar-refractivity contribution is 0.0464.